The number of amides is 8. The number of rotatable bonds is 14. The Kier molecular flexibility index (Phi) is 21.5. The molecule has 0 spiro atoms. The van der Waals surface area contributed by atoms with E-state index in [4.69, 9.17) is 10.5 Å². The predicted molar refractivity (Wildman–Crippen MR) is 271 cm³/mol. The Morgan fingerprint density at radius 1 is 0.836 bits per heavy atom. The second-order valence-corrected chi connectivity index (χ2v) is 20.9. The molecule has 8 amide bonds. The smallest absolute Gasteiger partial charge is 0.407 e. The molecule has 0 radical (unpaired) electrons. The summed E-state index contributed by atoms with van der Waals surface area (Å²) in [6.07, 6.45) is 1.88. The molecular formula is C51H75N9O12S. The molecule has 2 aromatic rings. The van der Waals surface area contributed by atoms with Crippen molar-refractivity contribution in [1.82, 2.24) is 41.8 Å². The highest BCUT2D eigenvalue weighted by atomic mass is 32.2. The molecule has 402 valence electrons. The van der Waals surface area contributed by atoms with E-state index >= 15 is 4.79 Å². The highest BCUT2D eigenvalue weighted by Gasteiger charge is 2.46. The summed E-state index contributed by atoms with van der Waals surface area (Å²) in [6.45, 7) is 10.1. The lowest BCUT2D eigenvalue weighted by Gasteiger charge is -2.33. The first-order valence-corrected chi connectivity index (χ1v) is 26.7. The molecule has 3 aliphatic rings. The zero-order valence-corrected chi connectivity index (χ0v) is 43.7. The molecule has 1 aromatic heterocycles. The number of nitrogens with one attached hydrogen (secondary N) is 7. The summed E-state index contributed by atoms with van der Waals surface area (Å²) in [5, 5.41) is 27.6. The zero-order valence-electron chi connectivity index (χ0n) is 42.9. The molecule has 10 atom stereocenters. The van der Waals surface area contributed by atoms with Gasteiger partial charge in [0.15, 0.2) is 11.6 Å². The summed E-state index contributed by atoms with van der Waals surface area (Å²) in [6, 6.07) is -0.591. The number of nitrogens with zero attached hydrogens (tertiary/aromatic N) is 1. The Morgan fingerprint density at radius 2 is 1.53 bits per heavy atom. The van der Waals surface area contributed by atoms with Crippen LogP contribution in [0.4, 0.5) is 4.79 Å². The van der Waals surface area contributed by atoms with Gasteiger partial charge in [0, 0.05) is 55.4 Å². The van der Waals surface area contributed by atoms with Gasteiger partial charge in [-0.2, -0.15) is 0 Å². The van der Waals surface area contributed by atoms with Gasteiger partial charge in [-0.15, -0.1) is 11.8 Å². The molecule has 0 saturated carbocycles. The van der Waals surface area contributed by atoms with Gasteiger partial charge in [-0.25, -0.2) is 4.79 Å². The fourth-order valence-electron chi connectivity index (χ4n) is 9.61. The number of aromatic amines is 1. The number of unbranched alkanes of at least 4 members (excludes halogenated alkanes) is 4. The van der Waals surface area contributed by atoms with Gasteiger partial charge in [0.25, 0.3) is 0 Å². The number of thioether (sulfide) groups is 1. The third-order valence-electron chi connectivity index (χ3n) is 14.5. The van der Waals surface area contributed by atoms with Crippen molar-refractivity contribution < 1.29 is 57.8 Å². The minimum atomic E-state index is -1.47. The molecule has 73 heavy (non-hydrogen) atoms. The molecule has 3 aliphatic heterocycles. The van der Waals surface area contributed by atoms with Gasteiger partial charge in [-0.1, -0.05) is 80.1 Å². The van der Waals surface area contributed by atoms with Gasteiger partial charge in [-0.3, -0.25) is 43.2 Å². The molecular weight excluding hydrogens is 963 g/mol. The first-order chi connectivity index (χ1) is 34.7. The van der Waals surface area contributed by atoms with E-state index in [0.29, 0.717) is 47.3 Å². The normalized spacial score (nSPS) is 25.5. The molecule has 2 bridgehead atoms. The Balaban J connectivity index is 1.65. The topological polar surface area (TPSA) is 317 Å². The summed E-state index contributed by atoms with van der Waals surface area (Å²) in [7, 11) is 0. The standard InChI is InChI=1S/C51H75N9O12S/c1-7-10-11-12-13-16-53-51(71)72-33-22-38-47(68)59-45(29(6)27(4)8-2)40(63)18-30-17-35-34-15-14-32(61)21-36(34)57-49(35)73-26-37(39(62)19-31(20-41(52)64)50(70)60(38)25-33)56-42(65)23-55-48(69)44(28(5)9-3)58-43(66)24-54-46(30)67/h14-15,21,27-31,33,37-38,44-45,57,61H,7-13,16-20,22-26H2,1-6H3,(H2,52,64)(H,53,71)(H,54,67)(H,55,69)(H,56,65)(H,58,66)(H,59,68)/t27-,28-,29-,30+,31-,33+,37-,38?,44-,45-/m0/s1. The van der Waals surface area contributed by atoms with Crippen molar-refractivity contribution in [3.63, 3.8) is 0 Å². The third kappa shape index (κ3) is 15.9. The number of carbonyl (C=O) groups excluding carboxylic acids is 10. The fraction of sp³-hybridized carbons (Fsp3) is 0.647. The number of benzene rings is 1. The number of aromatic hydroxyl groups is 1. The van der Waals surface area contributed by atoms with Gasteiger partial charge in [0.2, 0.25) is 41.4 Å². The highest BCUT2D eigenvalue weighted by Crippen LogP contribution is 2.36. The van der Waals surface area contributed by atoms with E-state index in [1.165, 1.54) is 12.1 Å². The molecule has 10 N–H and O–H groups in total. The Labute approximate surface area is 430 Å². The average molecular weight is 1040 g/mol. The Morgan fingerprint density at radius 3 is 2.22 bits per heavy atom. The third-order valence-corrected chi connectivity index (χ3v) is 15.7. The van der Waals surface area contributed by atoms with E-state index in [9.17, 15) is 48.3 Å². The van der Waals surface area contributed by atoms with Crippen LogP contribution in [0.2, 0.25) is 0 Å². The summed E-state index contributed by atoms with van der Waals surface area (Å²) >= 11 is 1.07. The minimum Gasteiger partial charge on any atom is -0.508 e. The van der Waals surface area contributed by atoms with Crippen molar-refractivity contribution in [3.8, 4) is 5.75 Å². The van der Waals surface area contributed by atoms with Crippen molar-refractivity contribution >= 4 is 81.7 Å². The number of aromatic nitrogens is 1. The molecule has 5 rings (SSSR count). The second-order valence-electron chi connectivity index (χ2n) is 19.9. The molecule has 21 nitrogen and oxygen atoms in total. The number of ether oxygens (including phenoxy) is 1. The van der Waals surface area contributed by atoms with Crippen LogP contribution in [0.5, 0.6) is 5.75 Å². The largest absolute Gasteiger partial charge is 0.508 e. The second kappa shape index (κ2) is 27.2. The number of alkyl carbamates (subject to hydrolysis) is 1. The van der Waals surface area contributed by atoms with Crippen molar-refractivity contribution in [3.05, 3.63) is 23.8 Å². The maximum atomic E-state index is 15.0. The van der Waals surface area contributed by atoms with Crippen LogP contribution in [0.15, 0.2) is 23.2 Å². The molecule has 1 saturated heterocycles. The van der Waals surface area contributed by atoms with Gasteiger partial charge < -0.3 is 57.4 Å². The van der Waals surface area contributed by atoms with E-state index in [2.05, 4.69) is 43.8 Å². The number of Topliss-reactive ketones (excluding diaryl/α,β-unsaturated/α-hetero) is 2. The summed E-state index contributed by atoms with van der Waals surface area (Å²) < 4.78 is 5.76. The van der Waals surface area contributed by atoms with Crippen LogP contribution in [0.1, 0.15) is 118 Å². The van der Waals surface area contributed by atoms with E-state index in [0.717, 1.165) is 42.3 Å². The zero-order chi connectivity index (χ0) is 53.5. The lowest BCUT2D eigenvalue weighted by atomic mass is 9.81. The Hall–Kier alpha value is -6.19. The van der Waals surface area contributed by atoms with E-state index in [1.54, 1.807) is 26.8 Å². The lowest BCUT2D eigenvalue weighted by molar-refractivity contribution is -0.145. The van der Waals surface area contributed by atoms with Crippen molar-refractivity contribution in [1.29, 1.82) is 0 Å². The Bertz CT molecular complexity index is 2360. The molecule has 4 heterocycles. The number of carbonyl (C=O) groups is 10. The van der Waals surface area contributed by atoms with E-state index in [1.807, 2.05) is 13.8 Å². The molecule has 1 aromatic carbocycles. The molecule has 0 aliphatic carbocycles. The molecule has 22 heteroatoms. The van der Waals surface area contributed by atoms with Crippen LogP contribution >= 0.6 is 11.8 Å². The average Bonchev–Trinajstić information content (AvgIpc) is 3.93. The number of phenolic OH excluding ortho intramolecular Hbond substituents is 1. The van der Waals surface area contributed by atoms with Gasteiger partial charge in [0.05, 0.1) is 48.2 Å². The van der Waals surface area contributed by atoms with Gasteiger partial charge >= 0.3 is 6.09 Å². The summed E-state index contributed by atoms with van der Waals surface area (Å²) in [5.41, 5.74) is 6.66. The predicted octanol–water partition coefficient (Wildman–Crippen LogP) is 2.64. The number of phenols is 1. The summed E-state index contributed by atoms with van der Waals surface area (Å²) in [4.78, 5) is 145. The number of hydrogen-bond donors (Lipinski definition) is 9. The number of H-pyrrole nitrogens is 1. The van der Waals surface area contributed by atoms with Gasteiger partial charge in [-0.05, 0) is 48.3 Å². The van der Waals surface area contributed by atoms with E-state index in [-0.39, 0.29) is 36.8 Å². The fourth-order valence-corrected chi connectivity index (χ4v) is 10.8. The van der Waals surface area contributed by atoms with Crippen molar-refractivity contribution in [2.75, 3.05) is 31.9 Å². The highest BCUT2D eigenvalue weighted by molar-refractivity contribution is 7.99. The SMILES string of the molecule is CCCCCCCNC(=O)O[C@@H]1CC2C(=O)N[C@@H]([C@@H](C)[C@@H](C)CC)C(=O)C[C@H]3Cc4c([nH]c5cc(O)ccc45)SC[C@H](NC(=O)CNC(=O)[C@H]([C@@H](C)CC)NC(=O)CNC3=O)C(=O)C[C@@H](CC(N)=O)C(=O)N2C1. The van der Waals surface area contributed by atoms with Crippen LogP contribution in [-0.4, -0.2) is 136 Å². The molecule has 1 unspecified atom stereocenters. The maximum absolute atomic E-state index is 15.0. The van der Waals surface area contributed by atoms with Crippen LogP contribution in [-0.2, 0) is 54.3 Å². The lowest BCUT2D eigenvalue weighted by Crippen LogP contribution is -2.56. The van der Waals surface area contributed by atoms with Crippen LogP contribution in [0.3, 0.4) is 0 Å². The minimum absolute atomic E-state index is 0.0842. The van der Waals surface area contributed by atoms with Crippen molar-refractivity contribution in [2.24, 2.45) is 35.3 Å². The first-order valence-electron chi connectivity index (χ1n) is 25.7. The van der Waals surface area contributed by atoms with Crippen molar-refractivity contribution in [2.45, 2.75) is 154 Å². The number of ketones is 2. The number of hydrogen-bond acceptors (Lipinski definition) is 13. The quantitative estimate of drug-likeness (QED) is 0.123. The molecule has 1 fully saturated rings. The first kappa shape index (κ1) is 57.7. The number of nitrogens with two attached hydrogens (primary N) is 1. The number of fused-ring (bicyclic) bond motifs is 5. The summed E-state index contributed by atoms with van der Waals surface area (Å²) in [5.74, 6) is -10.8. The van der Waals surface area contributed by atoms with Gasteiger partial charge in [0.1, 0.15) is 23.9 Å². The van der Waals surface area contributed by atoms with Crippen LogP contribution in [0.25, 0.3) is 10.9 Å². The number of primary amides is 1. The monoisotopic (exact) mass is 1040 g/mol. The van der Waals surface area contributed by atoms with Crippen LogP contribution < -0.4 is 37.6 Å². The van der Waals surface area contributed by atoms with Crippen LogP contribution in [0, 0.1) is 29.6 Å². The maximum Gasteiger partial charge on any atom is 0.407 e. The van der Waals surface area contributed by atoms with E-state index < -0.39 is 145 Å².